The zero-order valence-corrected chi connectivity index (χ0v) is 14.1. The van der Waals surface area contributed by atoms with Crippen LogP contribution in [0.1, 0.15) is 49.0 Å². The Balaban J connectivity index is 1.73. The maximum absolute atomic E-state index is 12.7. The van der Waals surface area contributed by atoms with Gasteiger partial charge in [0.1, 0.15) is 11.8 Å². The predicted molar refractivity (Wildman–Crippen MR) is 88.6 cm³/mol. The number of aryl methyl sites for hydroxylation is 1. The van der Waals surface area contributed by atoms with Crippen molar-refractivity contribution in [1.29, 1.82) is 5.26 Å². The van der Waals surface area contributed by atoms with Gasteiger partial charge in [0.15, 0.2) is 12.4 Å². The molecule has 0 bridgehead atoms. The van der Waals surface area contributed by atoms with Crippen LogP contribution in [0.5, 0.6) is 5.75 Å². The molecule has 3 rings (SSSR count). The monoisotopic (exact) mass is 340 g/mol. The highest BCUT2D eigenvalue weighted by Crippen LogP contribution is 2.28. The van der Waals surface area contributed by atoms with Crippen molar-refractivity contribution in [3.8, 4) is 11.8 Å². The smallest absolute Gasteiger partial charge is 0.261 e. The molecule has 0 aliphatic carbocycles. The molecule has 7 nitrogen and oxygen atoms in total. The van der Waals surface area contributed by atoms with Gasteiger partial charge in [0.25, 0.3) is 5.91 Å². The second kappa shape index (κ2) is 7.79. The molecule has 130 valence electrons. The standard InChI is InChI=1S/C18H20N4O3/c1-13-20-18(21-25-13)15-8-3-2-6-10-22(15)17(23)12-24-16-9-5-4-7-14(16)11-19/h4-5,7,9,15H,2-3,6,8,10,12H2,1H3. The van der Waals surface area contributed by atoms with Gasteiger partial charge in [-0.3, -0.25) is 4.79 Å². The molecular weight excluding hydrogens is 320 g/mol. The van der Waals surface area contributed by atoms with Gasteiger partial charge >= 0.3 is 0 Å². The predicted octanol–water partition coefficient (Wildman–Crippen LogP) is 2.77. The number of likely N-dealkylation sites (tertiary alicyclic amines) is 1. The Hall–Kier alpha value is -2.88. The Morgan fingerprint density at radius 3 is 3.00 bits per heavy atom. The summed E-state index contributed by atoms with van der Waals surface area (Å²) in [6, 6.07) is 8.76. The van der Waals surface area contributed by atoms with Crippen LogP contribution in [-0.2, 0) is 4.79 Å². The largest absolute Gasteiger partial charge is 0.482 e. The number of rotatable bonds is 4. The molecule has 1 aromatic carbocycles. The highest BCUT2D eigenvalue weighted by Gasteiger charge is 2.30. The number of aromatic nitrogens is 2. The van der Waals surface area contributed by atoms with Gasteiger partial charge in [-0.15, -0.1) is 0 Å². The van der Waals surface area contributed by atoms with Crippen LogP contribution >= 0.6 is 0 Å². The molecule has 1 aliphatic heterocycles. The summed E-state index contributed by atoms with van der Waals surface area (Å²) < 4.78 is 10.7. The lowest BCUT2D eigenvalue weighted by molar-refractivity contribution is -0.136. The summed E-state index contributed by atoms with van der Waals surface area (Å²) >= 11 is 0. The van der Waals surface area contributed by atoms with E-state index in [9.17, 15) is 4.79 Å². The van der Waals surface area contributed by atoms with Crippen LogP contribution in [0.2, 0.25) is 0 Å². The van der Waals surface area contributed by atoms with E-state index >= 15 is 0 Å². The normalized spacial score (nSPS) is 17.6. The van der Waals surface area contributed by atoms with Crippen molar-refractivity contribution in [2.24, 2.45) is 0 Å². The van der Waals surface area contributed by atoms with Gasteiger partial charge in [-0.05, 0) is 25.0 Å². The lowest BCUT2D eigenvalue weighted by Gasteiger charge is -2.27. The van der Waals surface area contributed by atoms with Crippen molar-refractivity contribution in [3.63, 3.8) is 0 Å². The third kappa shape index (κ3) is 3.97. The zero-order valence-electron chi connectivity index (χ0n) is 14.1. The Bertz CT molecular complexity index is 781. The van der Waals surface area contributed by atoms with Gasteiger partial charge in [0.2, 0.25) is 5.89 Å². The topological polar surface area (TPSA) is 92.2 Å². The second-order valence-corrected chi connectivity index (χ2v) is 6.02. The average molecular weight is 340 g/mol. The molecular formula is C18H20N4O3. The SMILES string of the molecule is Cc1nc(C2CCCCCN2C(=O)COc2ccccc2C#N)no1. The summed E-state index contributed by atoms with van der Waals surface area (Å²) in [6.07, 6.45) is 3.82. The van der Waals surface area contributed by atoms with E-state index < -0.39 is 0 Å². The molecule has 1 fully saturated rings. The van der Waals surface area contributed by atoms with Crippen LogP contribution in [0.3, 0.4) is 0 Å². The van der Waals surface area contributed by atoms with Gasteiger partial charge in [-0.2, -0.15) is 10.2 Å². The summed E-state index contributed by atoms with van der Waals surface area (Å²) in [5, 5.41) is 13.1. The van der Waals surface area contributed by atoms with Crippen molar-refractivity contribution >= 4 is 5.91 Å². The quantitative estimate of drug-likeness (QED) is 0.850. The van der Waals surface area contributed by atoms with Crippen molar-refractivity contribution in [3.05, 3.63) is 41.5 Å². The molecule has 1 unspecified atom stereocenters. The highest BCUT2D eigenvalue weighted by molar-refractivity contribution is 5.78. The summed E-state index contributed by atoms with van der Waals surface area (Å²) in [6.45, 7) is 2.26. The molecule has 1 atom stereocenters. The first kappa shape index (κ1) is 17.0. The molecule has 0 N–H and O–H groups in total. The Morgan fingerprint density at radius 1 is 1.40 bits per heavy atom. The van der Waals surface area contributed by atoms with Crippen LogP contribution in [0.4, 0.5) is 0 Å². The molecule has 0 saturated carbocycles. The lowest BCUT2D eigenvalue weighted by Crippen LogP contribution is -2.38. The van der Waals surface area contributed by atoms with E-state index in [-0.39, 0.29) is 18.6 Å². The van der Waals surface area contributed by atoms with Crippen molar-refractivity contribution in [2.75, 3.05) is 13.2 Å². The zero-order chi connectivity index (χ0) is 17.6. The fourth-order valence-electron chi connectivity index (χ4n) is 3.03. The van der Waals surface area contributed by atoms with Crippen LogP contribution in [0, 0.1) is 18.3 Å². The maximum Gasteiger partial charge on any atom is 0.261 e. The van der Waals surface area contributed by atoms with Gasteiger partial charge in [0, 0.05) is 13.5 Å². The number of para-hydroxylation sites is 1. The number of hydrogen-bond donors (Lipinski definition) is 0. The third-order valence-electron chi connectivity index (χ3n) is 4.27. The lowest BCUT2D eigenvalue weighted by atomic mass is 10.1. The summed E-state index contributed by atoms with van der Waals surface area (Å²) in [7, 11) is 0. The number of nitrogens with zero attached hydrogens (tertiary/aromatic N) is 4. The summed E-state index contributed by atoms with van der Waals surface area (Å²) in [4.78, 5) is 18.8. The maximum atomic E-state index is 12.7. The van der Waals surface area contributed by atoms with Gasteiger partial charge < -0.3 is 14.2 Å². The second-order valence-electron chi connectivity index (χ2n) is 6.02. The van der Waals surface area contributed by atoms with Gasteiger partial charge in [0.05, 0.1) is 11.6 Å². The minimum atomic E-state index is -0.192. The number of amides is 1. The van der Waals surface area contributed by atoms with Crippen molar-refractivity contribution in [2.45, 2.75) is 38.6 Å². The number of ether oxygens (including phenoxy) is 1. The van der Waals surface area contributed by atoms with Gasteiger partial charge in [-0.25, -0.2) is 0 Å². The minimum absolute atomic E-state index is 0.119. The van der Waals surface area contributed by atoms with E-state index in [4.69, 9.17) is 14.5 Å². The van der Waals surface area contributed by atoms with Crippen molar-refractivity contribution in [1.82, 2.24) is 15.0 Å². The average Bonchev–Trinajstić information content (AvgIpc) is 2.92. The van der Waals surface area contributed by atoms with E-state index in [0.717, 1.165) is 25.7 Å². The van der Waals surface area contributed by atoms with Crippen LogP contribution in [-0.4, -0.2) is 34.1 Å². The van der Waals surface area contributed by atoms with Crippen LogP contribution in [0.25, 0.3) is 0 Å². The molecule has 7 heteroatoms. The van der Waals surface area contributed by atoms with Crippen LogP contribution < -0.4 is 4.74 Å². The first-order chi connectivity index (χ1) is 12.2. The summed E-state index contributed by atoms with van der Waals surface area (Å²) in [5.41, 5.74) is 0.413. The number of carbonyl (C=O) groups excluding carboxylic acids is 1. The molecule has 2 heterocycles. The fraction of sp³-hybridized carbons (Fsp3) is 0.444. The highest BCUT2D eigenvalue weighted by atomic mass is 16.5. The Morgan fingerprint density at radius 2 is 2.24 bits per heavy atom. The first-order valence-electron chi connectivity index (χ1n) is 8.40. The molecule has 25 heavy (non-hydrogen) atoms. The minimum Gasteiger partial charge on any atom is -0.482 e. The van der Waals surface area contributed by atoms with E-state index in [0.29, 0.717) is 29.6 Å². The summed E-state index contributed by atoms with van der Waals surface area (Å²) in [5.74, 6) is 1.32. The number of benzene rings is 1. The van der Waals surface area contributed by atoms with E-state index in [2.05, 4.69) is 16.2 Å². The van der Waals surface area contributed by atoms with Gasteiger partial charge in [-0.1, -0.05) is 30.1 Å². The van der Waals surface area contributed by atoms with Crippen molar-refractivity contribution < 1.29 is 14.1 Å². The molecule has 0 spiro atoms. The molecule has 1 amide bonds. The first-order valence-corrected chi connectivity index (χ1v) is 8.40. The van der Waals surface area contributed by atoms with E-state index in [1.54, 1.807) is 36.1 Å². The number of hydrogen-bond acceptors (Lipinski definition) is 6. The molecule has 2 aromatic rings. The Labute approximate surface area is 146 Å². The molecule has 0 radical (unpaired) electrons. The molecule has 1 aliphatic rings. The van der Waals surface area contributed by atoms with E-state index in [1.165, 1.54) is 0 Å². The fourth-order valence-corrected chi connectivity index (χ4v) is 3.03. The number of nitriles is 1. The molecule has 1 saturated heterocycles. The van der Waals surface area contributed by atoms with E-state index in [1.807, 2.05) is 0 Å². The number of carbonyl (C=O) groups is 1. The molecule has 1 aromatic heterocycles. The third-order valence-corrected chi connectivity index (χ3v) is 4.27. The Kier molecular flexibility index (Phi) is 5.29. The van der Waals surface area contributed by atoms with Crippen LogP contribution in [0.15, 0.2) is 28.8 Å².